The van der Waals surface area contributed by atoms with E-state index in [-0.39, 0.29) is 19.3 Å². The van der Waals surface area contributed by atoms with Crippen LogP contribution in [0.25, 0.3) is 0 Å². The maximum Gasteiger partial charge on any atom is 0.410 e. The number of nitrogens with zero attached hydrogens (tertiary/aromatic N) is 1. The molecular weight excluding hydrogens is 274 g/mol. The average molecular weight is 293 g/mol. The molecule has 1 aromatic carbocycles. The van der Waals surface area contributed by atoms with Gasteiger partial charge in [0.05, 0.1) is 18.6 Å². The van der Waals surface area contributed by atoms with E-state index in [9.17, 15) is 9.59 Å². The Hall–Kier alpha value is -2.08. The highest BCUT2D eigenvalue weighted by Gasteiger charge is 2.34. The molecule has 1 fully saturated rings. The molecule has 0 aromatic heterocycles. The zero-order chi connectivity index (χ0) is 15.2. The molecule has 6 nitrogen and oxygen atoms in total. The van der Waals surface area contributed by atoms with Crippen molar-refractivity contribution in [2.45, 2.75) is 19.1 Å². The molecule has 1 aliphatic rings. The van der Waals surface area contributed by atoms with Gasteiger partial charge in [0, 0.05) is 13.7 Å². The number of rotatable bonds is 4. The highest BCUT2D eigenvalue weighted by molar-refractivity contribution is 5.73. The molecule has 1 aliphatic heterocycles. The van der Waals surface area contributed by atoms with Crippen LogP contribution < -0.4 is 0 Å². The van der Waals surface area contributed by atoms with Crippen molar-refractivity contribution in [3.8, 4) is 0 Å². The van der Waals surface area contributed by atoms with Gasteiger partial charge in [-0.25, -0.2) is 4.79 Å². The largest absolute Gasteiger partial charge is 0.481 e. The molecule has 21 heavy (non-hydrogen) atoms. The van der Waals surface area contributed by atoms with E-state index in [1.165, 1.54) is 12.0 Å². The molecule has 1 amide bonds. The summed E-state index contributed by atoms with van der Waals surface area (Å²) in [5.74, 6) is -1.54. The topological polar surface area (TPSA) is 76.1 Å². The van der Waals surface area contributed by atoms with E-state index in [1.807, 2.05) is 30.3 Å². The van der Waals surface area contributed by atoms with Crippen LogP contribution in [0, 0.1) is 5.92 Å². The molecule has 2 atom stereocenters. The number of aliphatic carboxylic acids is 1. The van der Waals surface area contributed by atoms with Crippen molar-refractivity contribution >= 4 is 12.1 Å². The van der Waals surface area contributed by atoms with Crippen molar-refractivity contribution in [3.05, 3.63) is 35.9 Å². The third kappa shape index (κ3) is 4.19. The van der Waals surface area contributed by atoms with Crippen molar-refractivity contribution in [2.24, 2.45) is 5.92 Å². The number of ether oxygens (including phenoxy) is 2. The average Bonchev–Trinajstić information content (AvgIpc) is 2.53. The van der Waals surface area contributed by atoms with Gasteiger partial charge in [0.25, 0.3) is 0 Å². The molecule has 114 valence electrons. The Bertz CT molecular complexity index is 490. The van der Waals surface area contributed by atoms with E-state index >= 15 is 0 Å². The first-order chi connectivity index (χ1) is 10.1. The minimum atomic E-state index is -0.919. The summed E-state index contributed by atoms with van der Waals surface area (Å²) in [6.07, 6.45) is -0.370. The van der Waals surface area contributed by atoms with E-state index in [2.05, 4.69) is 0 Å². The molecule has 6 heteroatoms. The van der Waals surface area contributed by atoms with Gasteiger partial charge in [0.1, 0.15) is 6.61 Å². The SMILES string of the molecule is CO[C@H]1CC(C(=O)O)CN(C(=O)OCc2ccccc2)C1. The van der Waals surface area contributed by atoms with Crippen LogP contribution in [0.5, 0.6) is 0 Å². The van der Waals surface area contributed by atoms with Crippen LogP contribution in [-0.4, -0.2) is 48.4 Å². The Balaban J connectivity index is 1.92. The summed E-state index contributed by atoms with van der Waals surface area (Å²) < 4.78 is 10.4. The zero-order valence-corrected chi connectivity index (χ0v) is 11.9. The Morgan fingerprint density at radius 3 is 2.62 bits per heavy atom. The van der Waals surface area contributed by atoms with Crippen molar-refractivity contribution in [1.29, 1.82) is 0 Å². The number of carboxylic acids is 1. The third-order valence-corrected chi connectivity index (χ3v) is 3.56. The summed E-state index contributed by atoms with van der Waals surface area (Å²) >= 11 is 0. The van der Waals surface area contributed by atoms with Crippen LogP contribution in [0.1, 0.15) is 12.0 Å². The number of benzene rings is 1. The van der Waals surface area contributed by atoms with Gasteiger partial charge < -0.3 is 19.5 Å². The number of likely N-dealkylation sites (tertiary alicyclic amines) is 1. The molecule has 0 saturated carbocycles. The van der Waals surface area contributed by atoms with E-state index in [0.29, 0.717) is 13.0 Å². The number of methoxy groups -OCH3 is 1. The monoisotopic (exact) mass is 293 g/mol. The summed E-state index contributed by atoms with van der Waals surface area (Å²) in [4.78, 5) is 24.6. The minimum absolute atomic E-state index is 0.156. The molecule has 0 spiro atoms. The second-order valence-electron chi connectivity index (χ2n) is 5.07. The van der Waals surface area contributed by atoms with E-state index in [1.54, 1.807) is 0 Å². The Kier molecular flexibility index (Phi) is 5.16. The molecule has 0 aliphatic carbocycles. The fraction of sp³-hybridized carbons (Fsp3) is 0.467. The van der Waals surface area contributed by atoms with Gasteiger partial charge in [-0.1, -0.05) is 30.3 Å². The minimum Gasteiger partial charge on any atom is -0.481 e. The Morgan fingerprint density at radius 1 is 1.29 bits per heavy atom. The number of piperidine rings is 1. The second kappa shape index (κ2) is 7.08. The summed E-state index contributed by atoms with van der Waals surface area (Å²) in [6, 6.07) is 9.34. The normalized spacial score (nSPS) is 21.9. The Labute approximate surface area is 123 Å². The van der Waals surface area contributed by atoms with E-state index in [4.69, 9.17) is 14.6 Å². The van der Waals surface area contributed by atoms with Gasteiger partial charge in [-0.15, -0.1) is 0 Å². The van der Waals surface area contributed by atoms with Crippen molar-refractivity contribution in [1.82, 2.24) is 4.90 Å². The van der Waals surface area contributed by atoms with E-state index < -0.39 is 18.0 Å². The predicted octanol–water partition coefficient (Wildman–Crippen LogP) is 1.74. The lowest BCUT2D eigenvalue weighted by atomic mass is 9.96. The molecular formula is C15H19NO5. The van der Waals surface area contributed by atoms with Gasteiger partial charge in [-0.3, -0.25) is 4.79 Å². The van der Waals surface area contributed by atoms with Crippen LogP contribution in [0.2, 0.25) is 0 Å². The first-order valence-electron chi connectivity index (χ1n) is 6.81. The number of carboxylic acid groups (broad SMARTS) is 1. The first kappa shape index (κ1) is 15.3. The lowest BCUT2D eigenvalue weighted by molar-refractivity contribution is -0.145. The van der Waals surface area contributed by atoms with Gasteiger partial charge in [-0.2, -0.15) is 0 Å². The number of carbonyl (C=O) groups is 2. The molecule has 0 radical (unpaired) electrons. The lowest BCUT2D eigenvalue weighted by Crippen LogP contribution is -2.49. The molecule has 0 bridgehead atoms. The van der Waals surface area contributed by atoms with Crippen molar-refractivity contribution in [3.63, 3.8) is 0 Å². The summed E-state index contributed by atoms with van der Waals surface area (Å²) in [5, 5.41) is 9.12. The van der Waals surface area contributed by atoms with Crippen LogP contribution >= 0.6 is 0 Å². The number of amides is 1. The van der Waals surface area contributed by atoms with Gasteiger partial charge in [0.15, 0.2) is 0 Å². The van der Waals surface area contributed by atoms with Crippen LogP contribution in [0.15, 0.2) is 30.3 Å². The summed E-state index contributed by atoms with van der Waals surface area (Å²) in [7, 11) is 1.52. The molecule has 1 saturated heterocycles. The number of hydrogen-bond acceptors (Lipinski definition) is 4. The van der Waals surface area contributed by atoms with Gasteiger partial charge >= 0.3 is 12.1 Å². The standard InChI is InChI=1S/C15H19NO5/c1-20-13-7-12(14(17)18)8-16(9-13)15(19)21-10-11-5-3-2-4-6-11/h2-6,12-13H,7-10H2,1H3,(H,17,18)/t12?,13-/m0/s1. The third-order valence-electron chi connectivity index (χ3n) is 3.56. The molecule has 1 aromatic rings. The van der Waals surface area contributed by atoms with E-state index in [0.717, 1.165) is 5.56 Å². The van der Waals surface area contributed by atoms with Gasteiger partial charge in [0.2, 0.25) is 0 Å². The Morgan fingerprint density at radius 2 is 2.00 bits per heavy atom. The lowest BCUT2D eigenvalue weighted by Gasteiger charge is -2.34. The van der Waals surface area contributed by atoms with Crippen LogP contribution in [-0.2, 0) is 20.9 Å². The van der Waals surface area contributed by atoms with Crippen molar-refractivity contribution < 1.29 is 24.2 Å². The maximum atomic E-state index is 12.1. The van der Waals surface area contributed by atoms with Crippen molar-refractivity contribution in [2.75, 3.05) is 20.2 Å². The highest BCUT2D eigenvalue weighted by atomic mass is 16.6. The number of carbonyl (C=O) groups excluding carboxylic acids is 1. The summed E-state index contributed by atoms with van der Waals surface area (Å²) in [5.41, 5.74) is 0.890. The quantitative estimate of drug-likeness (QED) is 0.915. The predicted molar refractivity (Wildman–Crippen MR) is 74.7 cm³/mol. The molecule has 1 N–H and O–H groups in total. The molecule has 2 rings (SSSR count). The van der Waals surface area contributed by atoms with Crippen LogP contribution in [0.4, 0.5) is 4.79 Å². The fourth-order valence-corrected chi connectivity index (χ4v) is 2.36. The first-order valence-corrected chi connectivity index (χ1v) is 6.81. The second-order valence-corrected chi connectivity index (χ2v) is 5.07. The summed E-state index contributed by atoms with van der Waals surface area (Å²) in [6.45, 7) is 0.683. The fourth-order valence-electron chi connectivity index (χ4n) is 2.36. The highest BCUT2D eigenvalue weighted by Crippen LogP contribution is 2.20. The number of hydrogen-bond donors (Lipinski definition) is 1. The molecule has 1 unspecified atom stereocenters. The zero-order valence-electron chi connectivity index (χ0n) is 11.9. The van der Waals surface area contributed by atoms with Gasteiger partial charge in [-0.05, 0) is 12.0 Å². The smallest absolute Gasteiger partial charge is 0.410 e. The van der Waals surface area contributed by atoms with Crippen LogP contribution in [0.3, 0.4) is 0 Å². The maximum absolute atomic E-state index is 12.1. The molecule has 1 heterocycles.